The Labute approximate surface area is 124 Å². The van der Waals surface area contributed by atoms with Gasteiger partial charge in [-0.05, 0) is 35.0 Å². The van der Waals surface area contributed by atoms with Crippen LogP contribution >= 0.6 is 0 Å². The molecule has 0 aliphatic heterocycles. The average molecular weight is 278 g/mol. The molecule has 0 fully saturated rings. The van der Waals surface area contributed by atoms with Gasteiger partial charge in [0.05, 0.1) is 6.20 Å². The lowest BCUT2D eigenvalue weighted by Gasteiger charge is -2.09. The standard InChI is InChI=1S/C18H18N2O/c19-11-10-16-8-9-17(12-20-16)21-13-15-6-3-5-14-4-1-2-7-18(14)15/h1-9,12H,10-11,13,19H2. The number of benzene rings is 2. The molecule has 0 aliphatic rings. The van der Waals surface area contributed by atoms with Gasteiger partial charge in [0.1, 0.15) is 12.4 Å². The van der Waals surface area contributed by atoms with Crippen LogP contribution in [0.25, 0.3) is 10.8 Å². The second-order valence-corrected chi connectivity index (χ2v) is 4.95. The number of fused-ring (bicyclic) bond motifs is 1. The normalized spacial score (nSPS) is 10.7. The molecule has 0 aliphatic carbocycles. The van der Waals surface area contributed by atoms with Gasteiger partial charge < -0.3 is 10.5 Å². The summed E-state index contributed by atoms with van der Waals surface area (Å²) < 4.78 is 5.84. The molecule has 106 valence electrons. The molecule has 1 heterocycles. The van der Waals surface area contributed by atoms with Crippen molar-refractivity contribution >= 4 is 10.8 Å². The first-order chi connectivity index (χ1) is 10.4. The zero-order chi connectivity index (χ0) is 14.5. The van der Waals surface area contributed by atoms with Gasteiger partial charge in [0.25, 0.3) is 0 Å². The zero-order valence-corrected chi connectivity index (χ0v) is 11.8. The maximum absolute atomic E-state index is 5.84. The quantitative estimate of drug-likeness (QED) is 0.779. The summed E-state index contributed by atoms with van der Waals surface area (Å²) in [5.74, 6) is 0.781. The Morgan fingerprint density at radius 3 is 2.62 bits per heavy atom. The number of pyridine rings is 1. The molecule has 2 N–H and O–H groups in total. The fourth-order valence-corrected chi connectivity index (χ4v) is 2.37. The highest BCUT2D eigenvalue weighted by Gasteiger charge is 2.02. The van der Waals surface area contributed by atoms with E-state index in [0.717, 1.165) is 17.9 Å². The van der Waals surface area contributed by atoms with Crippen molar-refractivity contribution in [3.05, 3.63) is 72.1 Å². The molecule has 2 aromatic carbocycles. The highest BCUT2D eigenvalue weighted by atomic mass is 16.5. The van der Waals surface area contributed by atoms with Gasteiger partial charge in [-0.25, -0.2) is 0 Å². The van der Waals surface area contributed by atoms with Gasteiger partial charge >= 0.3 is 0 Å². The van der Waals surface area contributed by atoms with Gasteiger partial charge in [-0.3, -0.25) is 4.98 Å². The van der Waals surface area contributed by atoms with Crippen molar-refractivity contribution in [2.75, 3.05) is 6.54 Å². The van der Waals surface area contributed by atoms with E-state index in [9.17, 15) is 0 Å². The maximum Gasteiger partial charge on any atom is 0.138 e. The van der Waals surface area contributed by atoms with Gasteiger partial charge in [-0.1, -0.05) is 42.5 Å². The molecular weight excluding hydrogens is 260 g/mol. The van der Waals surface area contributed by atoms with Crippen molar-refractivity contribution in [2.24, 2.45) is 5.73 Å². The molecule has 0 saturated carbocycles. The van der Waals surface area contributed by atoms with E-state index in [1.807, 2.05) is 18.2 Å². The van der Waals surface area contributed by atoms with Crippen LogP contribution in [0.4, 0.5) is 0 Å². The third-order valence-electron chi connectivity index (χ3n) is 3.47. The number of hydrogen-bond donors (Lipinski definition) is 1. The van der Waals surface area contributed by atoms with E-state index in [0.29, 0.717) is 13.2 Å². The van der Waals surface area contributed by atoms with Crippen molar-refractivity contribution in [3.8, 4) is 5.75 Å². The summed E-state index contributed by atoms with van der Waals surface area (Å²) in [4.78, 5) is 4.34. The molecule has 3 nitrogen and oxygen atoms in total. The van der Waals surface area contributed by atoms with Gasteiger partial charge in [0, 0.05) is 12.1 Å². The van der Waals surface area contributed by atoms with Crippen molar-refractivity contribution in [3.63, 3.8) is 0 Å². The summed E-state index contributed by atoms with van der Waals surface area (Å²) >= 11 is 0. The summed E-state index contributed by atoms with van der Waals surface area (Å²) in [5, 5.41) is 2.46. The van der Waals surface area contributed by atoms with Crippen LogP contribution in [0.1, 0.15) is 11.3 Å². The van der Waals surface area contributed by atoms with Gasteiger partial charge in [0.2, 0.25) is 0 Å². The first kappa shape index (κ1) is 13.6. The van der Waals surface area contributed by atoms with Gasteiger partial charge in [-0.15, -0.1) is 0 Å². The first-order valence-corrected chi connectivity index (χ1v) is 7.11. The van der Waals surface area contributed by atoms with Crippen LogP contribution in [0.15, 0.2) is 60.8 Å². The molecule has 0 bridgehead atoms. The second-order valence-electron chi connectivity index (χ2n) is 4.95. The summed E-state index contributed by atoms with van der Waals surface area (Å²) in [6.07, 6.45) is 2.56. The highest BCUT2D eigenvalue weighted by molar-refractivity contribution is 5.85. The highest BCUT2D eigenvalue weighted by Crippen LogP contribution is 2.20. The van der Waals surface area contributed by atoms with E-state index < -0.39 is 0 Å². The van der Waals surface area contributed by atoms with Crippen LogP contribution in [0.2, 0.25) is 0 Å². The number of rotatable bonds is 5. The molecule has 0 radical (unpaired) electrons. The van der Waals surface area contributed by atoms with E-state index in [2.05, 4.69) is 41.4 Å². The molecule has 3 heteroatoms. The number of hydrogen-bond acceptors (Lipinski definition) is 3. The second kappa shape index (κ2) is 6.37. The van der Waals surface area contributed by atoms with Crippen molar-refractivity contribution in [1.82, 2.24) is 4.98 Å². The Morgan fingerprint density at radius 1 is 0.952 bits per heavy atom. The lowest BCUT2D eigenvalue weighted by atomic mass is 10.1. The van der Waals surface area contributed by atoms with Crippen LogP contribution < -0.4 is 10.5 Å². The Kier molecular flexibility index (Phi) is 4.12. The number of ether oxygens (including phenoxy) is 1. The lowest BCUT2D eigenvalue weighted by molar-refractivity contribution is 0.306. The molecular formula is C18H18N2O. The van der Waals surface area contributed by atoms with Crippen LogP contribution in [0.5, 0.6) is 5.75 Å². The minimum Gasteiger partial charge on any atom is -0.487 e. The van der Waals surface area contributed by atoms with E-state index in [1.54, 1.807) is 6.20 Å². The largest absolute Gasteiger partial charge is 0.487 e. The summed E-state index contributed by atoms with van der Waals surface area (Å²) in [5.41, 5.74) is 7.69. The van der Waals surface area contributed by atoms with Crippen molar-refractivity contribution in [1.29, 1.82) is 0 Å². The maximum atomic E-state index is 5.84. The third kappa shape index (κ3) is 3.20. The Morgan fingerprint density at radius 2 is 1.81 bits per heavy atom. The fourth-order valence-electron chi connectivity index (χ4n) is 2.37. The minimum absolute atomic E-state index is 0.541. The van der Waals surface area contributed by atoms with Crippen LogP contribution in [0.3, 0.4) is 0 Å². The van der Waals surface area contributed by atoms with Crippen molar-refractivity contribution in [2.45, 2.75) is 13.0 Å². The van der Waals surface area contributed by atoms with Crippen LogP contribution in [-0.2, 0) is 13.0 Å². The smallest absolute Gasteiger partial charge is 0.138 e. The molecule has 1 aromatic heterocycles. The molecule has 3 aromatic rings. The van der Waals surface area contributed by atoms with E-state index in [-0.39, 0.29) is 0 Å². The SMILES string of the molecule is NCCc1ccc(OCc2cccc3ccccc23)cn1. The Hall–Kier alpha value is -2.39. The molecule has 0 amide bonds. The lowest BCUT2D eigenvalue weighted by Crippen LogP contribution is -2.04. The van der Waals surface area contributed by atoms with Gasteiger partial charge in [-0.2, -0.15) is 0 Å². The molecule has 0 unspecified atom stereocenters. The third-order valence-corrected chi connectivity index (χ3v) is 3.47. The summed E-state index contributed by atoms with van der Waals surface area (Å²) in [6.45, 7) is 1.16. The Bertz CT molecular complexity index is 717. The number of aromatic nitrogens is 1. The van der Waals surface area contributed by atoms with Crippen LogP contribution in [0, 0.1) is 0 Å². The number of nitrogens with zero attached hydrogens (tertiary/aromatic N) is 1. The van der Waals surface area contributed by atoms with Crippen molar-refractivity contribution < 1.29 is 4.74 Å². The van der Waals surface area contributed by atoms with E-state index >= 15 is 0 Å². The predicted molar refractivity (Wildman–Crippen MR) is 85.3 cm³/mol. The first-order valence-electron chi connectivity index (χ1n) is 7.11. The summed E-state index contributed by atoms with van der Waals surface area (Å²) in [7, 11) is 0. The monoisotopic (exact) mass is 278 g/mol. The average Bonchev–Trinajstić information content (AvgIpc) is 2.54. The van der Waals surface area contributed by atoms with Gasteiger partial charge in [0.15, 0.2) is 0 Å². The predicted octanol–water partition coefficient (Wildman–Crippen LogP) is 3.32. The molecule has 21 heavy (non-hydrogen) atoms. The fraction of sp³-hybridized carbons (Fsp3) is 0.167. The summed E-state index contributed by atoms with van der Waals surface area (Å²) in [6, 6.07) is 18.5. The molecule has 3 rings (SSSR count). The Balaban J connectivity index is 1.74. The molecule has 0 saturated heterocycles. The van der Waals surface area contributed by atoms with E-state index in [1.165, 1.54) is 16.3 Å². The zero-order valence-electron chi connectivity index (χ0n) is 11.8. The number of nitrogens with two attached hydrogens (primary N) is 1. The molecule has 0 atom stereocenters. The van der Waals surface area contributed by atoms with E-state index in [4.69, 9.17) is 10.5 Å². The minimum atomic E-state index is 0.541. The van der Waals surface area contributed by atoms with Crippen LogP contribution in [-0.4, -0.2) is 11.5 Å². The topological polar surface area (TPSA) is 48.1 Å². The molecule has 0 spiro atoms.